The maximum Gasteiger partial charge on any atom is 0.0581 e. The van der Waals surface area contributed by atoms with E-state index in [9.17, 15) is 0 Å². The highest BCUT2D eigenvalue weighted by molar-refractivity contribution is 5.39. The second-order valence-electron chi connectivity index (χ2n) is 6.35. The predicted molar refractivity (Wildman–Crippen MR) is 89.6 cm³/mol. The zero-order chi connectivity index (χ0) is 14.7. The summed E-state index contributed by atoms with van der Waals surface area (Å²) in [6.07, 6.45) is 5.36. The van der Waals surface area contributed by atoms with Crippen molar-refractivity contribution in [2.24, 2.45) is 0 Å². The SMILES string of the molecule is Cc1ccc(C)c(C(NC2CCCC2)c2ccccc2)c1. The minimum Gasteiger partial charge on any atom is -0.303 e. The summed E-state index contributed by atoms with van der Waals surface area (Å²) in [5.74, 6) is 0. The Hall–Kier alpha value is -1.60. The fourth-order valence-electron chi connectivity index (χ4n) is 3.41. The van der Waals surface area contributed by atoms with Gasteiger partial charge in [-0.25, -0.2) is 0 Å². The Morgan fingerprint density at radius 2 is 1.67 bits per heavy atom. The minimum atomic E-state index is 0.314. The Balaban J connectivity index is 1.96. The molecule has 0 spiro atoms. The molecule has 0 aromatic heterocycles. The van der Waals surface area contributed by atoms with Gasteiger partial charge in [0, 0.05) is 6.04 Å². The van der Waals surface area contributed by atoms with Crippen LogP contribution in [0.5, 0.6) is 0 Å². The largest absolute Gasteiger partial charge is 0.303 e. The Kier molecular flexibility index (Phi) is 4.40. The second kappa shape index (κ2) is 6.44. The molecule has 1 fully saturated rings. The molecule has 3 rings (SSSR count). The lowest BCUT2D eigenvalue weighted by atomic mass is 9.92. The number of benzene rings is 2. The molecule has 1 aliphatic carbocycles. The molecule has 2 aromatic carbocycles. The topological polar surface area (TPSA) is 12.0 Å². The lowest BCUT2D eigenvalue weighted by Gasteiger charge is -2.26. The molecule has 1 aliphatic rings. The average Bonchev–Trinajstić information content (AvgIpc) is 3.01. The Labute approximate surface area is 128 Å². The van der Waals surface area contributed by atoms with E-state index < -0.39 is 0 Å². The van der Waals surface area contributed by atoms with E-state index in [0.717, 1.165) is 0 Å². The molecule has 0 bridgehead atoms. The van der Waals surface area contributed by atoms with Crippen LogP contribution in [0.4, 0.5) is 0 Å². The van der Waals surface area contributed by atoms with Gasteiger partial charge in [-0.2, -0.15) is 0 Å². The van der Waals surface area contributed by atoms with Gasteiger partial charge in [0.15, 0.2) is 0 Å². The third-order valence-corrected chi connectivity index (χ3v) is 4.64. The minimum absolute atomic E-state index is 0.314. The molecular weight excluding hydrogens is 254 g/mol. The summed E-state index contributed by atoms with van der Waals surface area (Å²) >= 11 is 0. The molecule has 1 saturated carbocycles. The number of rotatable bonds is 4. The van der Waals surface area contributed by atoms with Crippen LogP contribution >= 0.6 is 0 Å². The molecule has 1 nitrogen and oxygen atoms in total. The van der Waals surface area contributed by atoms with Gasteiger partial charge in [0.1, 0.15) is 0 Å². The van der Waals surface area contributed by atoms with E-state index in [1.54, 1.807) is 0 Å². The zero-order valence-electron chi connectivity index (χ0n) is 13.1. The summed E-state index contributed by atoms with van der Waals surface area (Å²) in [5, 5.41) is 3.92. The molecule has 0 aliphatic heterocycles. The molecule has 21 heavy (non-hydrogen) atoms. The number of hydrogen-bond donors (Lipinski definition) is 1. The maximum absolute atomic E-state index is 3.92. The molecule has 0 amide bonds. The third-order valence-electron chi connectivity index (χ3n) is 4.64. The first-order chi connectivity index (χ1) is 10.2. The zero-order valence-corrected chi connectivity index (χ0v) is 13.1. The van der Waals surface area contributed by atoms with E-state index in [0.29, 0.717) is 12.1 Å². The first-order valence-electron chi connectivity index (χ1n) is 8.12. The lowest BCUT2D eigenvalue weighted by Crippen LogP contribution is -2.31. The van der Waals surface area contributed by atoms with Gasteiger partial charge >= 0.3 is 0 Å². The molecule has 1 unspecified atom stereocenters. The van der Waals surface area contributed by atoms with Crippen LogP contribution in [0.1, 0.15) is 54.0 Å². The first-order valence-corrected chi connectivity index (χ1v) is 8.12. The fraction of sp³-hybridized carbons (Fsp3) is 0.400. The molecule has 0 saturated heterocycles. The highest BCUT2D eigenvalue weighted by atomic mass is 15.0. The van der Waals surface area contributed by atoms with Crippen molar-refractivity contribution in [1.82, 2.24) is 5.32 Å². The van der Waals surface area contributed by atoms with Gasteiger partial charge in [-0.1, -0.05) is 66.9 Å². The van der Waals surface area contributed by atoms with Gasteiger partial charge in [0.25, 0.3) is 0 Å². The van der Waals surface area contributed by atoms with Crippen LogP contribution in [-0.2, 0) is 0 Å². The number of aryl methyl sites for hydroxylation is 2. The predicted octanol–water partition coefficient (Wildman–Crippen LogP) is 4.93. The molecule has 1 atom stereocenters. The standard InChI is InChI=1S/C20H25N/c1-15-12-13-16(2)19(14-15)20(17-8-4-3-5-9-17)21-18-10-6-7-11-18/h3-5,8-9,12-14,18,20-21H,6-7,10-11H2,1-2H3. The summed E-state index contributed by atoms with van der Waals surface area (Å²) in [4.78, 5) is 0. The van der Waals surface area contributed by atoms with E-state index in [-0.39, 0.29) is 0 Å². The Bertz CT molecular complexity index is 582. The number of hydrogen-bond acceptors (Lipinski definition) is 1. The third kappa shape index (κ3) is 3.36. The van der Waals surface area contributed by atoms with Gasteiger partial charge in [0.2, 0.25) is 0 Å². The molecule has 1 N–H and O–H groups in total. The van der Waals surface area contributed by atoms with Crippen LogP contribution in [0.25, 0.3) is 0 Å². The smallest absolute Gasteiger partial charge is 0.0581 e. The van der Waals surface area contributed by atoms with E-state index in [2.05, 4.69) is 67.7 Å². The summed E-state index contributed by atoms with van der Waals surface area (Å²) in [6, 6.07) is 18.6. The van der Waals surface area contributed by atoms with Crippen molar-refractivity contribution in [1.29, 1.82) is 0 Å². The fourth-order valence-corrected chi connectivity index (χ4v) is 3.41. The van der Waals surface area contributed by atoms with Crippen molar-refractivity contribution in [2.45, 2.75) is 51.6 Å². The number of nitrogens with one attached hydrogen (secondary N) is 1. The van der Waals surface area contributed by atoms with Crippen molar-refractivity contribution in [3.05, 3.63) is 70.8 Å². The van der Waals surface area contributed by atoms with E-state index in [4.69, 9.17) is 0 Å². The van der Waals surface area contributed by atoms with Crippen molar-refractivity contribution in [3.8, 4) is 0 Å². The Morgan fingerprint density at radius 3 is 2.38 bits per heavy atom. The van der Waals surface area contributed by atoms with Crippen molar-refractivity contribution >= 4 is 0 Å². The maximum atomic E-state index is 3.92. The normalized spacial score (nSPS) is 17.0. The van der Waals surface area contributed by atoms with E-state index >= 15 is 0 Å². The lowest BCUT2D eigenvalue weighted by molar-refractivity contribution is 0.478. The summed E-state index contributed by atoms with van der Waals surface area (Å²) in [6.45, 7) is 4.40. The van der Waals surface area contributed by atoms with Gasteiger partial charge in [-0.05, 0) is 43.4 Å². The summed E-state index contributed by atoms with van der Waals surface area (Å²) in [7, 11) is 0. The second-order valence-corrected chi connectivity index (χ2v) is 6.35. The van der Waals surface area contributed by atoms with Crippen LogP contribution in [0.2, 0.25) is 0 Å². The molecular formula is C20H25N. The van der Waals surface area contributed by atoms with Crippen LogP contribution in [0.15, 0.2) is 48.5 Å². The highest BCUT2D eigenvalue weighted by Crippen LogP contribution is 2.29. The quantitative estimate of drug-likeness (QED) is 0.837. The highest BCUT2D eigenvalue weighted by Gasteiger charge is 2.22. The van der Waals surface area contributed by atoms with Gasteiger partial charge in [-0.3, -0.25) is 0 Å². The molecule has 0 heterocycles. The van der Waals surface area contributed by atoms with Crippen molar-refractivity contribution in [2.75, 3.05) is 0 Å². The average molecular weight is 279 g/mol. The van der Waals surface area contributed by atoms with Gasteiger partial charge < -0.3 is 5.32 Å². The molecule has 110 valence electrons. The summed E-state index contributed by atoms with van der Waals surface area (Å²) in [5.41, 5.74) is 5.51. The van der Waals surface area contributed by atoms with Gasteiger partial charge in [-0.15, -0.1) is 0 Å². The van der Waals surface area contributed by atoms with Crippen LogP contribution < -0.4 is 5.32 Å². The van der Waals surface area contributed by atoms with E-state index in [1.807, 2.05) is 0 Å². The summed E-state index contributed by atoms with van der Waals surface area (Å²) < 4.78 is 0. The van der Waals surface area contributed by atoms with Crippen LogP contribution in [0, 0.1) is 13.8 Å². The van der Waals surface area contributed by atoms with Gasteiger partial charge in [0.05, 0.1) is 6.04 Å². The van der Waals surface area contributed by atoms with Crippen molar-refractivity contribution in [3.63, 3.8) is 0 Å². The monoisotopic (exact) mass is 279 g/mol. The van der Waals surface area contributed by atoms with Crippen molar-refractivity contribution < 1.29 is 0 Å². The van der Waals surface area contributed by atoms with Crippen LogP contribution in [-0.4, -0.2) is 6.04 Å². The molecule has 1 heteroatoms. The first kappa shape index (κ1) is 14.3. The van der Waals surface area contributed by atoms with Crippen LogP contribution in [0.3, 0.4) is 0 Å². The Morgan fingerprint density at radius 1 is 0.952 bits per heavy atom. The molecule has 0 radical (unpaired) electrons. The van der Waals surface area contributed by atoms with E-state index in [1.165, 1.54) is 47.9 Å². The molecule has 2 aromatic rings.